The van der Waals surface area contributed by atoms with Gasteiger partial charge in [-0.2, -0.15) is 10.2 Å². The Labute approximate surface area is 150 Å². The lowest BCUT2D eigenvalue weighted by atomic mass is 10.2. The van der Waals surface area contributed by atoms with Gasteiger partial charge in [0.15, 0.2) is 23.0 Å². The second-order valence-corrected chi connectivity index (χ2v) is 4.97. The Kier molecular flexibility index (Phi) is 6.26. The van der Waals surface area contributed by atoms with E-state index in [-0.39, 0.29) is 23.0 Å². The summed E-state index contributed by atoms with van der Waals surface area (Å²) in [7, 11) is 5.76. The average Bonchev–Trinajstić information content (AvgIpc) is 2.65. The summed E-state index contributed by atoms with van der Waals surface area (Å²) in [5, 5.41) is 28.0. The summed E-state index contributed by atoms with van der Waals surface area (Å²) in [6, 6.07) is 6.54. The fraction of sp³-hybridized carbons (Fsp3) is 0.222. The van der Waals surface area contributed by atoms with Gasteiger partial charge in [0.25, 0.3) is 0 Å². The lowest BCUT2D eigenvalue weighted by Crippen LogP contribution is -1.95. The van der Waals surface area contributed by atoms with Crippen LogP contribution in [0.3, 0.4) is 0 Å². The van der Waals surface area contributed by atoms with Crippen LogP contribution in [0.5, 0.6) is 34.5 Å². The van der Waals surface area contributed by atoms with Crippen molar-refractivity contribution in [2.75, 3.05) is 28.4 Å². The predicted molar refractivity (Wildman–Crippen MR) is 97.6 cm³/mol. The molecule has 2 N–H and O–H groups in total. The van der Waals surface area contributed by atoms with Gasteiger partial charge in [-0.25, -0.2) is 0 Å². The summed E-state index contributed by atoms with van der Waals surface area (Å²) >= 11 is 0. The highest BCUT2D eigenvalue weighted by Gasteiger charge is 2.13. The molecule has 0 spiro atoms. The summed E-state index contributed by atoms with van der Waals surface area (Å²) in [5.41, 5.74) is 1.04. The second-order valence-electron chi connectivity index (χ2n) is 4.97. The molecule has 2 rings (SSSR count). The lowest BCUT2D eigenvalue weighted by Gasteiger charge is -2.10. The van der Waals surface area contributed by atoms with Crippen molar-refractivity contribution < 1.29 is 29.2 Å². The van der Waals surface area contributed by atoms with Crippen molar-refractivity contribution >= 4 is 12.4 Å². The molecule has 2 aromatic rings. The fourth-order valence-corrected chi connectivity index (χ4v) is 2.29. The van der Waals surface area contributed by atoms with Crippen LogP contribution in [0.4, 0.5) is 0 Å². The van der Waals surface area contributed by atoms with E-state index in [1.165, 1.54) is 40.9 Å². The van der Waals surface area contributed by atoms with Crippen LogP contribution in [-0.4, -0.2) is 51.1 Å². The Bertz CT molecular complexity index is 763. The summed E-state index contributed by atoms with van der Waals surface area (Å²) < 4.78 is 20.4. The van der Waals surface area contributed by atoms with Gasteiger partial charge in [0.2, 0.25) is 11.5 Å². The van der Waals surface area contributed by atoms with Crippen molar-refractivity contribution in [2.45, 2.75) is 0 Å². The average molecular weight is 360 g/mol. The second kappa shape index (κ2) is 8.61. The predicted octanol–water partition coefficient (Wildman–Crippen LogP) is 2.59. The minimum absolute atomic E-state index is 0.121. The first-order valence-electron chi connectivity index (χ1n) is 7.51. The van der Waals surface area contributed by atoms with Crippen LogP contribution in [0.1, 0.15) is 11.1 Å². The van der Waals surface area contributed by atoms with E-state index in [0.29, 0.717) is 22.6 Å². The minimum Gasteiger partial charge on any atom is -0.502 e. The zero-order valence-corrected chi connectivity index (χ0v) is 14.9. The number of aromatic hydroxyl groups is 2. The van der Waals surface area contributed by atoms with Gasteiger partial charge in [-0.1, -0.05) is 0 Å². The van der Waals surface area contributed by atoms with Crippen LogP contribution >= 0.6 is 0 Å². The SMILES string of the molecule is COc1ccc(/C=N/N=C/c2ccc(OC)c(O)c2OC)c(OC)c1O. The standard InChI is InChI=1S/C18H20N2O6/c1-23-13-7-5-11(17(25-3)15(13)21)9-19-20-10-12-6-8-14(24-2)16(22)18(12)26-4/h5-10,21-22H,1-4H3/b19-9+,20-10+. The molecule has 0 amide bonds. The third kappa shape index (κ3) is 3.80. The Morgan fingerprint density at radius 2 is 1.04 bits per heavy atom. The van der Waals surface area contributed by atoms with Gasteiger partial charge in [0, 0.05) is 11.1 Å². The fourth-order valence-electron chi connectivity index (χ4n) is 2.29. The first-order valence-corrected chi connectivity index (χ1v) is 7.51. The van der Waals surface area contributed by atoms with Crippen LogP contribution in [0.2, 0.25) is 0 Å². The number of rotatable bonds is 7. The molecule has 26 heavy (non-hydrogen) atoms. The molecule has 8 nitrogen and oxygen atoms in total. The van der Waals surface area contributed by atoms with Crippen LogP contribution in [0.15, 0.2) is 34.5 Å². The molecular formula is C18H20N2O6. The molecule has 0 bridgehead atoms. The van der Waals surface area contributed by atoms with Crippen molar-refractivity contribution in [3.8, 4) is 34.5 Å². The van der Waals surface area contributed by atoms with Crippen LogP contribution in [0.25, 0.3) is 0 Å². The molecule has 0 radical (unpaired) electrons. The largest absolute Gasteiger partial charge is 0.502 e. The minimum atomic E-state index is -0.121. The van der Waals surface area contributed by atoms with Gasteiger partial charge in [0.05, 0.1) is 40.9 Å². The Hall–Kier alpha value is -3.42. The number of phenolic OH excluding ortho intramolecular Hbond substituents is 2. The number of nitrogens with zero attached hydrogens (tertiary/aromatic N) is 2. The lowest BCUT2D eigenvalue weighted by molar-refractivity contribution is 0.339. The highest BCUT2D eigenvalue weighted by Crippen LogP contribution is 2.38. The molecule has 0 fully saturated rings. The van der Waals surface area contributed by atoms with Gasteiger partial charge >= 0.3 is 0 Å². The monoisotopic (exact) mass is 360 g/mol. The molecule has 0 saturated carbocycles. The smallest absolute Gasteiger partial charge is 0.201 e. The van der Waals surface area contributed by atoms with E-state index >= 15 is 0 Å². The molecule has 0 heterocycles. The first kappa shape index (κ1) is 18.9. The first-order chi connectivity index (χ1) is 12.6. The Morgan fingerprint density at radius 1 is 0.654 bits per heavy atom. The number of hydrogen-bond donors (Lipinski definition) is 2. The molecular weight excluding hydrogens is 340 g/mol. The van der Waals surface area contributed by atoms with Crippen molar-refractivity contribution in [2.24, 2.45) is 10.2 Å². The molecule has 0 aliphatic rings. The van der Waals surface area contributed by atoms with Crippen LogP contribution in [0, 0.1) is 0 Å². The zero-order valence-electron chi connectivity index (χ0n) is 14.9. The highest BCUT2D eigenvalue weighted by atomic mass is 16.5. The molecule has 2 aromatic carbocycles. The van der Waals surface area contributed by atoms with E-state index in [9.17, 15) is 10.2 Å². The zero-order chi connectivity index (χ0) is 19.1. The van der Waals surface area contributed by atoms with Crippen molar-refractivity contribution in [1.29, 1.82) is 0 Å². The number of hydrogen-bond acceptors (Lipinski definition) is 8. The maximum atomic E-state index is 10.0. The summed E-state index contributed by atoms with van der Waals surface area (Å²) in [6.07, 6.45) is 2.84. The molecule has 8 heteroatoms. The quantitative estimate of drug-likeness (QED) is 0.581. The van der Waals surface area contributed by atoms with Crippen LogP contribution in [-0.2, 0) is 0 Å². The molecule has 0 atom stereocenters. The summed E-state index contributed by atoms with van der Waals surface area (Å²) in [4.78, 5) is 0. The van der Waals surface area contributed by atoms with E-state index in [1.807, 2.05) is 0 Å². The number of ether oxygens (including phenoxy) is 4. The van der Waals surface area contributed by atoms with Crippen LogP contribution < -0.4 is 18.9 Å². The van der Waals surface area contributed by atoms with E-state index in [4.69, 9.17) is 18.9 Å². The molecule has 0 unspecified atom stereocenters. The molecule has 0 aliphatic heterocycles. The number of phenols is 2. The summed E-state index contributed by atoms with van der Waals surface area (Å²) in [5.74, 6) is 0.794. The number of methoxy groups -OCH3 is 4. The highest BCUT2D eigenvalue weighted by molar-refractivity contribution is 5.88. The van der Waals surface area contributed by atoms with Gasteiger partial charge in [-0.15, -0.1) is 0 Å². The third-order valence-corrected chi connectivity index (χ3v) is 3.56. The molecule has 0 saturated heterocycles. The Morgan fingerprint density at radius 3 is 1.35 bits per heavy atom. The molecule has 138 valence electrons. The van der Waals surface area contributed by atoms with Gasteiger partial charge in [0.1, 0.15) is 0 Å². The van der Waals surface area contributed by atoms with Crippen molar-refractivity contribution in [3.63, 3.8) is 0 Å². The molecule has 0 aliphatic carbocycles. The maximum Gasteiger partial charge on any atom is 0.201 e. The normalized spacial score (nSPS) is 11.1. The van der Waals surface area contributed by atoms with Crippen molar-refractivity contribution in [3.05, 3.63) is 35.4 Å². The number of benzene rings is 2. The van der Waals surface area contributed by atoms with Crippen molar-refractivity contribution in [1.82, 2.24) is 0 Å². The Balaban J connectivity index is 2.26. The van der Waals surface area contributed by atoms with E-state index in [2.05, 4.69) is 10.2 Å². The summed E-state index contributed by atoms with van der Waals surface area (Å²) in [6.45, 7) is 0. The van der Waals surface area contributed by atoms with E-state index in [0.717, 1.165) is 0 Å². The van der Waals surface area contributed by atoms with E-state index in [1.54, 1.807) is 24.3 Å². The maximum absolute atomic E-state index is 10.0. The van der Waals surface area contributed by atoms with Gasteiger partial charge < -0.3 is 29.2 Å². The van der Waals surface area contributed by atoms with E-state index < -0.39 is 0 Å². The molecule has 0 aromatic heterocycles. The third-order valence-electron chi connectivity index (χ3n) is 3.56. The van der Waals surface area contributed by atoms with Gasteiger partial charge in [-0.3, -0.25) is 0 Å². The topological polar surface area (TPSA) is 102 Å². The van der Waals surface area contributed by atoms with Gasteiger partial charge in [-0.05, 0) is 24.3 Å².